The van der Waals surface area contributed by atoms with E-state index in [0.29, 0.717) is 28.5 Å². The van der Waals surface area contributed by atoms with Crippen LogP contribution in [0.5, 0.6) is 0 Å². The Morgan fingerprint density at radius 2 is 2.00 bits per heavy atom. The molecule has 3 heterocycles. The summed E-state index contributed by atoms with van der Waals surface area (Å²) in [5.41, 5.74) is 3.32. The zero-order chi connectivity index (χ0) is 17.2. The number of aromatic nitrogens is 6. The van der Waals surface area contributed by atoms with Gasteiger partial charge in [0.1, 0.15) is 0 Å². The van der Waals surface area contributed by atoms with Crippen LogP contribution in [0.2, 0.25) is 0 Å². The largest absolute Gasteiger partial charge is 0.459 e. The van der Waals surface area contributed by atoms with Gasteiger partial charge in [-0.3, -0.25) is 0 Å². The van der Waals surface area contributed by atoms with Gasteiger partial charge in [0, 0.05) is 0 Å². The average molecular weight is 354 g/mol. The number of nitrogens with zero attached hydrogens (tertiary/aromatic N) is 6. The van der Waals surface area contributed by atoms with Crippen molar-refractivity contribution in [2.24, 2.45) is 0 Å². The summed E-state index contributed by atoms with van der Waals surface area (Å²) in [6.07, 6.45) is 1.56. The number of aryl methyl sites for hydroxylation is 2. The van der Waals surface area contributed by atoms with Crippen molar-refractivity contribution in [1.29, 1.82) is 0 Å². The molecule has 1 aromatic carbocycles. The maximum Gasteiger partial charge on any atom is 0.283 e. The number of hydrogen-bond acceptors (Lipinski definition) is 8. The Labute approximate surface area is 147 Å². The average Bonchev–Trinajstić information content (AvgIpc) is 3.36. The first-order valence-electron chi connectivity index (χ1n) is 7.56. The van der Waals surface area contributed by atoms with E-state index in [1.165, 1.54) is 22.9 Å². The molecule has 3 aromatic heterocycles. The van der Waals surface area contributed by atoms with Crippen LogP contribution in [0.25, 0.3) is 17.3 Å². The summed E-state index contributed by atoms with van der Waals surface area (Å²) in [5, 5.41) is 20.6. The number of tetrazole rings is 1. The van der Waals surface area contributed by atoms with Crippen LogP contribution in [0.15, 0.2) is 50.6 Å². The Morgan fingerprint density at radius 1 is 1.08 bits per heavy atom. The van der Waals surface area contributed by atoms with Crippen molar-refractivity contribution in [2.45, 2.75) is 24.8 Å². The molecule has 0 amide bonds. The van der Waals surface area contributed by atoms with Gasteiger partial charge in [0.15, 0.2) is 5.76 Å². The lowest BCUT2D eigenvalue weighted by Crippen LogP contribution is -2.00. The van der Waals surface area contributed by atoms with Crippen LogP contribution in [0.4, 0.5) is 0 Å². The molecule has 0 fully saturated rings. The van der Waals surface area contributed by atoms with Gasteiger partial charge in [0.05, 0.1) is 17.7 Å². The van der Waals surface area contributed by atoms with Gasteiger partial charge in [-0.25, -0.2) is 0 Å². The Balaban J connectivity index is 1.51. The molecule has 0 aliphatic rings. The lowest BCUT2D eigenvalue weighted by atomic mass is 10.1. The maximum absolute atomic E-state index is 5.59. The topological polar surface area (TPSA) is 95.7 Å². The van der Waals surface area contributed by atoms with Gasteiger partial charge in [-0.15, -0.1) is 15.3 Å². The van der Waals surface area contributed by atoms with E-state index in [2.05, 4.69) is 51.7 Å². The molecular weight excluding hydrogens is 340 g/mol. The first-order valence-corrected chi connectivity index (χ1v) is 8.54. The maximum atomic E-state index is 5.59. The van der Waals surface area contributed by atoms with Crippen LogP contribution in [0.1, 0.15) is 17.0 Å². The van der Waals surface area contributed by atoms with Crippen LogP contribution < -0.4 is 0 Å². The molecule has 0 aliphatic heterocycles. The van der Waals surface area contributed by atoms with E-state index in [1.54, 1.807) is 23.1 Å². The van der Waals surface area contributed by atoms with E-state index in [1.807, 2.05) is 6.07 Å². The molecular formula is C16H14N6O2S. The van der Waals surface area contributed by atoms with E-state index in [0.717, 1.165) is 5.69 Å². The summed E-state index contributed by atoms with van der Waals surface area (Å²) in [7, 11) is 0. The standard InChI is InChI=1S/C16H14N6O2S/c1-10-5-6-12(8-11(10)2)22-16(19-20-21-22)25-9-14-17-18-15(24-14)13-4-3-7-23-13/h3-8H,9H2,1-2H3. The minimum absolute atomic E-state index is 0.356. The molecule has 0 bridgehead atoms. The van der Waals surface area contributed by atoms with Crippen LogP contribution >= 0.6 is 11.8 Å². The fourth-order valence-electron chi connectivity index (χ4n) is 2.23. The number of furan rings is 1. The predicted octanol–water partition coefficient (Wildman–Crippen LogP) is 3.21. The van der Waals surface area contributed by atoms with Crippen molar-refractivity contribution >= 4 is 11.8 Å². The number of hydrogen-bond donors (Lipinski definition) is 0. The molecule has 0 saturated heterocycles. The second kappa shape index (κ2) is 6.52. The zero-order valence-corrected chi connectivity index (χ0v) is 14.4. The summed E-state index contributed by atoms with van der Waals surface area (Å²) in [4.78, 5) is 0. The van der Waals surface area contributed by atoms with Crippen molar-refractivity contribution in [3.8, 4) is 17.3 Å². The van der Waals surface area contributed by atoms with Gasteiger partial charge in [-0.1, -0.05) is 17.8 Å². The molecule has 0 N–H and O–H groups in total. The lowest BCUT2D eigenvalue weighted by molar-refractivity contribution is 0.494. The third kappa shape index (κ3) is 3.18. The first-order chi connectivity index (χ1) is 12.2. The fourth-order valence-corrected chi connectivity index (χ4v) is 2.95. The molecule has 0 unspecified atom stereocenters. The SMILES string of the molecule is Cc1ccc(-n2nnnc2SCc2nnc(-c3ccco3)o2)cc1C. The number of benzene rings is 1. The molecule has 25 heavy (non-hydrogen) atoms. The minimum Gasteiger partial charge on any atom is -0.459 e. The van der Waals surface area contributed by atoms with E-state index in [4.69, 9.17) is 8.83 Å². The third-order valence-electron chi connectivity index (χ3n) is 3.70. The summed E-state index contributed by atoms with van der Waals surface area (Å²) < 4.78 is 12.5. The van der Waals surface area contributed by atoms with Crippen LogP contribution in [-0.2, 0) is 5.75 Å². The van der Waals surface area contributed by atoms with E-state index in [-0.39, 0.29) is 0 Å². The highest BCUT2D eigenvalue weighted by molar-refractivity contribution is 7.98. The van der Waals surface area contributed by atoms with Gasteiger partial charge in [-0.05, 0) is 59.7 Å². The number of rotatable bonds is 5. The molecule has 0 radical (unpaired) electrons. The van der Waals surface area contributed by atoms with Crippen LogP contribution in [0, 0.1) is 13.8 Å². The van der Waals surface area contributed by atoms with E-state index >= 15 is 0 Å². The molecule has 4 aromatic rings. The normalized spacial score (nSPS) is 11.1. The van der Waals surface area contributed by atoms with Gasteiger partial charge in [-0.2, -0.15) is 4.68 Å². The highest BCUT2D eigenvalue weighted by Gasteiger charge is 2.14. The summed E-state index contributed by atoms with van der Waals surface area (Å²) in [6.45, 7) is 4.13. The highest BCUT2D eigenvalue weighted by Crippen LogP contribution is 2.25. The van der Waals surface area contributed by atoms with Crippen LogP contribution in [-0.4, -0.2) is 30.4 Å². The van der Waals surface area contributed by atoms with Crippen molar-refractivity contribution in [2.75, 3.05) is 0 Å². The second-order valence-corrected chi connectivity index (χ2v) is 6.35. The molecule has 0 spiro atoms. The zero-order valence-electron chi connectivity index (χ0n) is 13.6. The Hall–Kier alpha value is -2.94. The Morgan fingerprint density at radius 3 is 2.80 bits per heavy atom. The summed E-state index contributed by atoms with van der Waals surface area (Å²) in [5.74, 6) is 1.84. The van der Waals surface area contributed by atoms with Crippen molar-refractivity contribution in [3.05, 3.63) is 53.6 Å². The molecule has 9 heteroatoms. The molecule has 8 nitrogen and oxygen atoms in total. The minimum atomic E-state index is 0.356. The Bertz CT molecular complexity index is 992. The predicted molar refractivity (Wildman–Crippen MR) is 90.2 cm³/mol. The van der Waals surface area contributed by atoms with Gasteiger partial charge >= 0.3 is 0 Å². The fraction of sp³-hybridized carbons (Fsp3) is 0.188. The monoisotopic (exact) mass is 354 g/mol. The third-order valence-corrected chi connectivity index (χ3v) is 4.60. The van der Waals surface area contributed by atoms with E-state index < -0.39 is 0 Å². The van der Waals surface area contributed by atoms with Crippen molar-refractivity contribution < 1.29 is 8.83 Å². The van der Waals surface area contributed by atoms with Crippen molar-refractivity contribution in [3.63, 3.8) is 0 Å². The highest BCUT2D eigenvalue weighted by atomic mass is 32.2. The molecule has 0 aliphatic carbocycles. The smallest absolute Gasteiger partial charge is 0.283 e. The van der Waals surface area contributed by atoms with Crippen molar-refractivity contribution in [1.82, 2.24) is 30.4 Å². The molecule has 0 saturated carbocycles. The summed E-state index contributed by atoms with van der Waals surface area (Å²) >= 11 is 1.42. The molecule has 126 valence electrons. The van der Waals surface area contributed by atoms with E-state index in [9.17, 15) is 0 Å². The Kier molecular flexibility index (Phi) is 4.06. The molecule has 4 rings (SSSR count). The number of thioether (sulfide) groups is 1. The quantitative estimate of drug-likeness (QED) is 0.504. The van der Waals surface area contributed by atoms with Crippen LogP contribution in [0.3, 0.4) is 0 Å². The molecule has 0 atom stereocenters. The van der Waals surface area contributed by atoms with Gasteiger partial charge in [0.2, 0.25) is 11.0 Å². The van der Waals surface area contributed by atoms with Gasteiger partial charge < -0.3 is 8.83 Å². The first kappa shape index (κ1) is 15.6. The van der Waals surface area contributed by atoms with Gasteiger partial charge in [0.25, 0.3) is 5.89 Å². The second-order valence-electron chi connectivity index (χ2n) is 5.41. The lowest BCUT2D eigenvalue weighted by Gasteiger charge is -2.06. The summed E-state index contributed by atoms with van der Waals surface area (Å²) in [6, 6.07) is 9.63.